The molecule has 130 valence electrons. The molecular formula is C15H12F6N2O. The molecule has 4 N–H and O–H groups in total. The standard InChI is InChI=1S/C15H12F6N2O/c16-13(17)15(20,21)14(18,19)8-1-3-9(4-2-8)24-10-5-6-11(22)12(23)7-10/h1-7,13H,22-23H2. The van der Waals surface area contributed by atoms with Crippen LogP contribution in [0.15, 0.2) is 42.5 Å². The maximum atomic E-state index is 13.5. The van der Waals surface area contributed by atoms with E-state index >= 15 is 0 Å². The first-order chi connectivity index (χ1) is 11.1. The lowest BCUT2D eigenvalue weighted by Crippen LogP contribution is -2.44. The second-order valence-corrected chi connectivity index (χ2v) is 4.92. The number of ether oxygens (including phenoxy) is 1. The van der Waals surface area contributed by atoms with Crippen molar-refractivity contribution in [3.05, 3.63) is 48.0 Å². The molecule has 0 bridgehead atoms. The highest BCUT2D eigenvalue weighted by atomic mass is 19.3. The predicted molar refractivity (Wildman–Crippen MR) is 76.6 cm³/mol. The van der Waals surface area contributed by atoms with Crippen molar-refractivity contribution in [1.29, 1.82) is 0 Å². The van der Waals surface area contributed by atoms with Gasteiger partial charge in [0, 0.05) is 11.6 Å². The number of hydrogen-bond acceptors (Lipinski definition) is 3. The minimum absolute atomic E-state index is 0.0269. The van der Waals surface area contributed by atoms with Crippen molar-refractivity contribution in [2.45, 2.75) is 18.3 Å². The summed E-state index contributed by atoms with van der Waals surface area (Å²) in [5.41, 5.74) is 10.4. The fraction of sp³-hybridized carbons (Fsp3) is 0.200. The third-order valence-electron chi connectivity index (χ3n) is 3.20. The van der Waals surface area contributed by atoms with Gasteiger partial charge in [-0.25, -0.2) is 8.78 Å². The molecule has 0 saturated carbocycles. The highest BCUT2D eigenvalue weighted by Gasteiger charge is 2.63. The number of nitrogens with two attached hydrogens (primary N) is 2. The lowest BCUT2D eigenvalue weighted by Gasteiger charge is -2.26. The number of rotatable bonds is 5. The molecular weight excluding hydrogens is 338 g/mol. The van der Waals surface area contributed by atoms with Crippen LogP contribution in [0.3, 0.4) is 0 Å². The van der Waals surface area contributed by atoms with E-state index in [0.717, 1.165) is 12.1 Å². The van der Waals surface area contributed by atoms with Crippen molar-refractivity contribution in [2.24, 2.45) is 0 Å². The van der Waals surface area contributed by atoms with Crippen LogP contribution in [0.4, 0.5) is 37.7 Å². The first kappa shape index (κ1) is 17.8. The summed E-state index contributed by atoms with van der Waals surface area (Å²) in [5, 5.41) is 0. The zero-order chi connectivity index (χ0) is 18.1. The van der Waals surface area contributed by atoms with Crippen LogP contribution in [0.1, 0.15) is 5.56 Å². The van der Waals surface area contributed by atoms with E-state index in [2.05, 4.69) is 0 Å². The number of alkyl halides is 6. The molecule has 0 aromatic heterocycles. The number of halogens is 6. The Bertz CT molecular complexity index is 718. The van der Waals surface area contributed by atoms with Gasteiger partial charge in [-0.2, -0.15) is 17.6 Å². The smallest absolute Gasteiger partial charge is 0.373 e. The Morgan fingerprint density at radius 2 is 1.33 bits per heavy atom. The molecule has 2 aromatic rings. The van der Waals surface area contributed by atoms with Gasteiger partial charge in [0.15, 0.2) is 0 Å². The Morgan fingerprint density at radius 1 is 0.792 bits per heavy atom. The van der Waals surface area contributed by atoms with Crippen LogP contribution < -0.4 is 16.2 Å². The minimum atomic E-state index is -5.49. The first-order valence-corrected chi connectivity index (χ1v) is 6.53. The van der Waals surface area contributed by atoms with Crippen LogP contribution in [-0.2, 0) is 5.92 Å². The molecule has 0 spiro atoms. The van der Waals surface area contributed by atoms with E-state index in [1.807, 2.05) is 0 Å². The van der Waals surface area contributed by atoms with Crippen molar-refractivity contribution < 1.29 is 31.1 Å². The van der Waals surface area contributed by atoms with Gasteiger partial charge in [0.1, 0.15) is 11.5 Å². The van der Waals surface area contributed by atoms with E-state index in [1.54, 1.807) is 0 Å². The number of anilines is 2. The molecule has 0 aliphatic carbocycles. The van der Waals surface area contributed by atoms with Crippen LogP contribution in [-0.4, -0.2) is 12.3 Å². The van der Waals surface area contributed by atoms with Gasteiger partial charge in [0.25, 0.3) is 0 Å². The van der Waals surface area contributed by atoms with Crippen LogP contribution >= 0.6 is 0 Å². The topological polar surface area (TPSA) is 61.3 Å². The molecule has 0 aliphatic heterocycles. The summed E-state index contributed by atoms with van der Waals surface area (Å²) in [5.74, 6) is -10.2. The molecule has 9 heteroatoms. The molecule has 24 heavy (non-hydrogen) atoms. The Kier molecular flexibility index (Phi) is 4.54. The molecule has 2 aromatic carbocycles. The van der Waals surface area contributed by atoms with E-state index in [9.17, 15) is 26.3 Å². The molecule has 0 radical (unpaired) electrons. The van der Waals surface area contributed by atoms with Gasteiger partial charge in [0.2, 0.25) is 0 Å². The summed E-state index contributed by atoms with van der Waals surface area (Å²) in [6, 6.07) is 7.38. The van der Waals surface area contributed by atoms with Gasteiger partial charge < -0.3 is 16.2 Å². The fourth-order valence-corrected chi connectivity index (χ4v) is 1.81. The summed E-state index contributed by atoms with van der Waals surface area (Å²) < 4.78 is 82.7. The lowest BCUT2D eigenvalue weighted by atomic mass is 10.0. The van der Waals surface area contributed by atoms with E-state index in [-0.39, 0.29) is 17.2 Å². The average molecular weight is 350 g/mol. The normalized spacial score (nSPS) is 12.5. The van der Waals surface area contributed by atoms with Gasteiger partial charge >= 0.3 is 18.3 Å². The predicted octanol–water partition coefficient (Wildman–Crippen LogP) is 4.64. The summed E-state index contributed by atoms with van der Waals surface area (Å²) in [6.07, 6.45) is -4.50. The maximum absolute atomic E-state index is 13.5. The van der Waals surface area contributed by atoms with Gasteiger partial charge in [-0.3, -0.25) is 0 Å². The van der Waals surface area contributed by atoms with E-state index in [0.29, 0.717) is 17.8 Å². The molecule has 2 rings (SSSR count). The molecule has 0 heterocycles. The second-order valence-electron chi connectivity index (χ2n) is 4.92. The molecule has 3 nitrogen and oxygen atoms in total. The van der Waals surface area contributed by atoms with Crippen molar-refractivity contribution in [2.75, 3.05) is 11.5 Å². The molecule has 0 fully saturated rings. The number of benzene rings is 2. The number of nitrogen functional groups attached to an aromatic ring is 2. The zero-order valence-electron chi connectivity index (χ0n) is 11.9. The van der Waals surface area contributed by atoms with E-state index < -0.39 is 23.8 Å². The van der Waals surface area contributed by atoms with E-state index in [4.69, 9.17) is 16.2 Å². The van der Waals surface area contributed by atoms with E-state index in [1.165, 1.54) is 18.2 Å². The largest absolute Gasteiger partial charge is 0.457 e. The Morgan fingerprint density at radius 3 is 1.83 bits per heavy atom. The molecule has 0 aliphatic rings. The summed E-state index contributed by atoms with van der Waals surface area (Å²) in [4.78, 5) is 0. The Labute approximate surface area is 132 Å². The zero-order valence-corrected chi connectivity index (χ0v) is 11.9. The van der Waals surface area contributed by atoms with Crippen molar-refractivity contribution in [1.82, 2.24) is 0 Å². The van der Waals surface area contributed by atoms with Crippen LogP contribution in [0, 0.1) is 0 Å². The van der Waals surface area contributed by atoms with Gasteiger partial charge in [0.05, 0.1) is 11.4 Å². The highest BCUT2D eigenvalue weighted by Crippen LogP contribution is 2.46. The summed E-state index contributed by atoms with van der Waals surface area (Å²) >= 11 is 0. The average Bonchev–Trinajstić information content (AvgIpc) is 2.51. The molecule has 0 atom stereocenters. The van der Waals surface area contributed by atoms with Crippen LogP contribution in [0.2, 0.25) is 0 Å². The van der Waals surface area contributed by atoms with Crippen LogP contribution in [0.5, 0.6) is 11.5 Å². The Hall–Kier alpha value is -2.58. The third kappa shape index (κ3) is 3.19. The first-order valence-electron chi connectivity index (χ1n) is 6.53. The lowest BCUT2D eigenvalue weighted by molar-refractivity contribution is -0.270. The van der Waals surface area contributed by atoms with Gasteiger partial charge in [-0.05, 0) is 36.4 Å². The summed E-state index contributed by atoms with van der Waals surface area (Å²) in [6.45, 7) is 0. The molecule has 0 unspecified atom stereocenters. The summed E-state index contributed by atoms with van der Waals surface area (Å²) in [7, 11) is 0. The monoisotopic (exact) mass is 350 g/mol. The fourth-order valence-electron chi connectivity index (χ4n) is 1.81. The third-order valence-corrected chi connectivity index (χ3v) is 3.20. The molecule has 0 amide bonds. The number of hydrogen-bond donors (Lipinski definition) is 2. The Balaban J connectivity index is 2.23. The van der Waals surface area contributed by atoms with Crippen molar-refractivity contribution in [3.63, 3.8) is 0 Å². The highest BCUT2D eigenvalue weighted by molar-refractivity contribution is 5.65. The minimum Gasteiger partial charge on any atom is -0.457 e. The van der Waals surface area contributed by atoms with Gasteiger partial charge in [-0.1, -0.05) is 0 Å². The quantitative estimate of drug-likeness (QED) is 0.610. The maximum Gasteiger partial charge on any atom is 0.373 e. The second kappa shape index (κ2) is 6.14. The van der Waals surface area contributed by atoms with Crippen molar-refractivity contribution >= 4 is 11.4 Å². The van der Waals surface area contributed by atoms with Gasteiger partial charge in [-0.15, -0.1) is 0 Å². The molecule has 0 saturated heterocycles. The van der Waals surface area contributed by atoms with Crippen LogP contribution in [0.25, 0.3) is 0 Å². The van der Waals surface area contributed by atoms with Crippen molar-refractivity contribution in [3.8, 4) is 11.5 Å². The SMILES string of the molecule is Nc1ccc(Oc2ccc(C(F)(F)C(F)(F)C(F)F)cc2)cc1N.